The SMILES string of the molecule is CCCOCCCNC(=S)Nc1ccccc1. The Morgan fingerprint density at radius 2 is 2.00 bits per heavy atom. The molecule has 1 rings (SSSR count). The van der Waals surface area contributed by atoms with Gasteiger partial charge < -0.3 is 15.4 Å². The molecule has 0 aliphatic heterocycles. The van der Waals surface area contributed by atoms with Gasteiger partial charge in [0.25, 0.3) is 0 Å². The number of anilines is 1. The zero-order valence-corrected chi connectivity index (χ0v) is 11.1. The van der Waals surface area contributed by atoms with E-state index in [1.165, 1.54) is 0 Å². The standard InChI is InChI=1S/C13H20N2OS/c1-2-10-16-11-6-9-14-13(17)15-12-7-4-3-5-8-12/h3-5,7-8H,2,6,9-11H2,1H3,(H2,14,15,17). The second kappa shape index (κ2) is 8.96. The molecule has 3 nitrogen and oxygen atoms in total. The molecule has 4 heteroatoms. The highest BCUT2D eigenvalue weighted by Gasteiger charge is 1.95. The average molecular weight is 252 g/mol. The molecule has 2 N–H and O–H groups in total. The molecule has 0 amide bonds. The van der Waals surface area contributed by atoms with Gasteiger partial charge in [0.15, 0.2) is 5.11 Å². The minimum Gasteiger partial charge on any atom is -0.381 e. The first-order valence-corrected chi connectivity index (χ1v) is 6.41. The molecule has 0 aliphatic rings. The number of para-hydroxylation sites is 1. The summed E-state index contributed by atoms with van der Waals surface area (Å²) in [6.45, 7) is 4.57. The maximum Gasteiger partial charge on any atom is 0.170 e. The molecule has 0 spiro atoms. The molecule has 1 aromatic rings. The summed E-state index contributed by atoms with van der Waals surface area (Å²) in [6, 6.07) is 9.90. The molecule has 0 saturated heterocycles. The van der Waals surface area contributed by atoms with Crippen molar-refractivity contribution in [1.82, 2.24) is 5.32 Å². The first-order chi connectivity index (χ1) is 8.33. The van der Waals surface area contributed by atoms with E-state index in [2.05, 4.69) is 17.6 Å². The number of nitrogens with one attached hydrogen (secondary N) is 2. The van der Waals surface area contributed by atoms with Crippen LogP contribution in [0.1, 0.15) is 19.8 Å². The van der Waals surface area contributed by atoms with Crippen molar-refractivity contribution in [1.29, 1.82) is 0 Å². The van der Waals surface area contributed by atoms with Crippen LogP contribution in [0.2, 0.25) is 0 Å². The summed E-state index contributed by atoms with van der Waals surface area (Å²) < 4.78 is 5.38. The minimum atomic E-state index is 0.659. The lowest BCUT2D eigenvalue weighted by Crippen LogP contribution is -2.29. The van der Waals surface area contributed by atoms with Crippen molar-refractivity contribution in [2.75, 3.05) is 25.1 Å². The van der Waals surface area contributed by atoms with Gasteiger partial charge in [0.05, 0.1) is 0 Å². The second-order valence-electron chi connectivity index (χ2n) is 3.71. The third kappa shape index (κ3) is 6.92. The summed E-state index contributed by atoms with van der Waals surface area (Å²) >= 11 is 5.17. The Morgan fingerprint density at radius 1 is 1.24 bits per heavy atom. The number of hydrogen-bond acceptors (Lipinski definition) is 2. The van der Waals surface area contributed by atoms with Crippen molar-refractivity contribution in [3.05, 3.63) is 30.3 Å². The van der Waals surface area contributed by atoms with Gasteiger partial charge in [-0.1, -0.05) is 25.1 Å². The Labute approximate surface area is 109 Å². The van der Waals surface area contributed by atoms with E-state index in [1.54, 1.807) is 0 Å². The first-order valence-electron chi connectivity index (χ1n) is 6.00. The number of rotatable bonds is 7. The fraction of sp³-hybridized carbons (Fsp3) is 0.462. The van der Waals surface area contributed by atoms with E-state index in [-0.39, 0.29) is 0 Å². The van der Waals surface area contributed by atoms with E-state index < -0.39 is 0 Å². The predicted octanol–water partition coefficient (Wildman–Crippen LogP) is 2.79. The van der Waals surface area contributed by atoms with Crippen LogP contribution in [0.3, 0.4) is 0 Å². The van der Waals surface area contributed by atoms with Crippen molar-refractivity contribution >= 4 is 23.0 Å². The Morgan fingerprint density at radius 3 is 2.71 bits per heavy atom. The number of thiocarbonyl (C=S) groups is 1. The molecule has 0 saturated carbocycles. The maximum absolute atomic E-state index is 5.38. The van der Waals surface area contributed by atoms with Gasteiger partial charge in [-0.25, -0.2) is 0 Å². The van der Waals surface area contributed by atoms with E-state index in [4.69, 9.17) is 17.0 Å². The van der Waals surface area contributed by atoms with Gasteiger partial charge >= 0.3 is 0 Å². The molecule has 0 bridgehead atoms. The minimum absolute atomic E-state index is 0.659. The van der Waals surface area contributed by atoms with Crippen LogP contribution in [0.5, 0.6) is 0 Å². The zero-order chi connectivity index (χ0) is 12.3. The van der Waals surface area contributed by atoms with Gasteiger partial charge in [0.1, 0.15) is 0 Å². The van der Waals surface area contributed by atoms with Crippen LogP contribution >= 0.6 is 12.2 Å². The fourth-order valence-corrected chi connectivity index (χ4v) is 1.54. The van der Waals surface area contributed by atoms with Crippen LogP contribution in [-0.2, 0) is 4.74 Å². The van der Waals surface area contributed by atoms with E-state index in [0.29, 0.717) is 5.11 Å². The smallest absolute Gasteiger partial charge is 0.170 e. The number of benzene rings is 1. The van der Waals surface area contributed by atoms with E-state index in [1.807, 2.05) is 30.3 Å². The monoisotopic (exact) mass is 252 g/mol. The molecule has 17 heavy (non-hydrogen) atoms. The number of hydrogen-bond donors (Lipinski definition) is 2. The fourth-order valence-electron chi connectivity index (χ4n) is 1.32. The molecule has 0 fully saturated rings. The summed E-state index contributed by atoms with van der Waals surface area (Å²) in [4.78, 5) is 0. The zero-order valence-electron chi connectivity index (χ0n) is 10.2. The maximum atomic E-state index is 5.38. The molecule has 0 unspecified atom stereocenters. The van der Waals surface area contributed by atoms with Crippen LogP contribution < -0.4 is 10.6 Å². The molecule has 0 heterocycles. The third-order valence-corrected chi connectivity index (χ3v) is 2.38. The lowest BCUT2D eigenvalue weighted by atomic mass is 10.3. The molecule has 0 aliphatic carbocycles. The lowest BCUT2D eigenvalue weighted by Gasteiger charge is -2.10. The van der Waals surface area contributed by atoms with Gasteiger partial charge in [0.2, 0.25) is 0 Å². The molecule has 1 aromatic carbocycles. The van der Waals surface area contributed by atoms with E-state index in [0.717, 1.165) is 38.3 Å². The largest absolute Gasteiger partial charge is 0.381 e. The van der Waals surface area contributed by atoms with Crippen LogP contribution in [0.4, 0.5) is 5.69 Å². The molecular weight excluding hydrogens is 232 g/mol. The molecule has 0 aromatic heterocycles. The Balaban J connectivity index is 2.06. The van der Waals surface area contributed by atoms with Crippen molar-refractivity contribution in [2.45, 2.75) is 19.8 Å². The van der Waals surface area contributed by atoms with Crippen molar-refractivity contribution in [2.24, 2.45) is 0 Å². The van der Waals surface area contributed by atoms with Crippen LogP contribution in [-0.4, -0.2) is 24.9 Å². The van der Waals surface area contributed by atoms with Gasteiger partial charge in [-0.2, -0.15) is 0 Å². The molecule has 0 radical (unpaired) electrons. The van der Waals surface area contributed by atoms with Gasteiger partial charge in [0, 0.05) is 25.4 Å². The quantitative estimate of drug-likeness (QED) is 0.577. The predicted molar refractivity (Wildman–Crippen MR) is 76.4 cm³/mol. The first kappa shape index (κ1) is 13.9. The number of ether oxygens (including phenoxy) is 1. The van der Waals surface area contributed by atoms with E-state index >= 15 is 0 Å². The van der Waals surface area contributed by atoms with Crippen molar-refractivity contribution < 1.29 is 4.74 Å². The van der Waals surface area contributed by atoms with Gasteiger partial charge in [-0.15, -0.1) is 0 Å². The Bertz CT molecular complexity index is 316. The molecule has 94 valence electrons. The summed E-state index contributed by atoms with van der Waals surface area (Å²) in [5.74, 6) is 0. The highest BCUT2D eigenvalue weighted by Crippen LogP contribution is 2.04. The second-order valence-corrected chi connectivity index (χ2v) is 4.12. The van der Waals surface area contributed by atoms with Crippen LogP contribution in [0, 0.1) is 0 Å². The highest BCUT2D eigenvalue weighted by molar-refractivity contribution is 7.80. The highest BCUT2D eigenvalue weighted by atomic mass is 32.1. The summed E-state index contributed by atoms with van der Waals surface area (Å²) in [7, 11) is 0. The topological polar surface area (TPSA) is 33.3 Å². The summed E-state index contributed by atoms with van der Waals surface area (Å²) in [5, 5.41) is 6.93. The van der Waals surface area contributed by atoms with Crippen LogP contribution in [0.25, 0.3) is 0 Å². The molecular formula is C13H20N2OS. The summed E-state index contributed by atoms with van der Waals surface area (Å²) in [5.41, 5.74) is 1.01. The Hall–Kier alpha value is -1.13. The lowest BCUT2D eigenvalue weighted by molar-refractivity contribution is 0.133. The van der Waals surface area contributed by atoms with Gasteiger partial charge in [-0.3, -0.25) is 0 Å². The van der Waals surface area contributed by atoms with Crippen molar-refractivity contribution in [3.8, 4) is 0 Å². The molecule has 0 atom stereocenters. The normalized spacial score (nSPS) is 9.94. The van der Waals surface area contributed by atoms with Gasteiger partial charge in [-0.05, 0) is 37.2 Å². The summed E-state index contributed by atoms with van der Waals surface area (Å²) in [6.07, 6.45) is 2.04. The average Bonchev–Trinajstić information content (AvgIpc) is 2.35. The van der Waals surface area contributed by atoms with Crippen LogP contribution in [0.15, 0.2) is 30.3 Å². The van der Waals surface area contributed by atoms with E-state index in [9.17, 15) is 0 Å². The third-order valence-electron chi connectivity index (χ3n) is 2.13. The van der Waals surface area contributed by atoms with Crippen molar-refractivity contribution in [3.63, 3.8) is 0 Å². The Kier molecular flexibility index (Phi) is 7.34.